The zero-order chi connectivity index (χ0) is 14.0. The van der Waals surface area contributed by atoms with Gasteiger partial charge in [-0.05, 0) is 18.2 Å². The lowest BCUT2D eigenvalue weighted by atomic mass is 10.2. The normalized spacial score (nSPS) is 10.5. The number of carboxylic acid groups (broad SMARTS) is 1. The highest BCUT2D eigenvalue weighted by molar-refractivity contribution is 6.30. The predicted octanol–water partition coefficient (Wildman–Crippen LogP) is 2.52. The van der Waals surface area contributed by atoms with Crippen LogP contribution in [0, 0.1) is 5.82 Å². The van der Waals surface area contributed by atoms with Crippen LogP contribution in [0.1, 0.15) is 16.1 Å². The maximum Gasteiger partial charge on any atom is 0.339 e. The maximum absolute atomic E-state index is 13.2. The van der Waals surface area contributed by atoms with E-state index in [-0.39, 0.29) is 17.1 Å². The lowest BCUT2D eigenvalue weighted by Crippen LogP contribution is -2.10. The number of rotatable bonds is 4. The van der Waals surface area contributed by atoms with Gasteiger partial charge in [-0.2, -0.15) is 5.10 Å². The number of carboxylic acids is 1. The molecular weight excluding hydrogens is 273 g/mol. The first-order chi connectivity index (χ1) is 8.99. The second-order valence-corrected chi connectivity index (χ2v) is 4.32. The average Bonchev–Trinajstić information content (AvgIpc) is 2.72. The number of carbonyl (C=O) groups is 1. The number of nitrogens with one attached hydrogen (secondary N) is 1. The Hall–Kier alpha value is -2.08. The Morgan fingerprint density at radius 3 is 2.95 bits per heavy atom. The third kappa shape index (κ3) is 2.85. The molecule has 1 heterocycles. The van der Waals surface area contributed by atoms with Crippen molar-refractivity contribution in [2.75, 3.05) is 5.32 Å². The SMILES string of the molecule is Cn1ncc(C(=O)O)c1CNc1ccc(Cl)c(F)c1. The molecule has 0 spiro atoms. The molecule has 0 aliphatic carbocycles. The number of anilines is 1. The molecule has 0 atom stereocenters. The van der Waals surface area contributed by atoms with Gasteiger partial charge < -0.3 is 10.4 Å². The van der Waals surface area contributed by atoms with Crippen LogP contribution in [0.2, 0.25) is 5.02 Å². The smallest absolute Gasteiger partial charge is 0.339 e. The molecule has 7 heteroatoms. The Morgan fingerprint density at radius 2 is 2.32 bits per heavy atom. The fraction of sp³-hybridized carbons (Fsp3) is 0.167. The van der Waals surface area contributed by atoms with E-state index in [1.165, 1.54) is 23.0 Å². The lowest BCUT2D eigenvalue weighted by Gasteiger charge is -2.08. The van der Waals surface area contributed by atoms with Crippen molar-refractivity contribution in [3.8, 4) is 0 Å². The summed E-state index contributed by atoms with van der Waals surface area (Å²) in [6, 6.07) is 4.29. The largest absolute Gasteiger partial charge is 0.478 e. The molecule has 2 N–H and O–H groups in total. The number of aromatic nitrogens is 2. The van der Waals surface area contributed by atoms with Crippen LogP contribution in [0.5, 0.6) is 0 Å². The van der Waals surface area contributed by atoms with Crippen molar-refractivity contribution in [1.29, 1.82) is 0 Å². The summed E-state index contributed by atoms with van der Waals surface area (Å²) in [6.07, 6.45) is 1.28. The van der Waals surface area contributed by atoms with Gasteiger partial charge in [-0.25, -0.2) is 9.18 Å². The van der Waals surface area contributed by atoms with Gasteiger partial charge in [0.15, 0.2) is 0 Å². The van der Waals surface area contributed by atoms with E-state index in [9.17, 15) is 9.18 Å². The molecular formula is C12H11ClFN3O2. The minimum absolute atomic E-state index is 0.0392. The standard InChI is InChI=1S/C12H11ClFN3O2/c1-17-11(8(5-16-17)12(18)19)6-15-7-2-3-9(13)10(14)4-7/h2-5,15H,6H2,1H3,(H,18,19). The van der Waals surface area contributed by atoms with E-state index in [0.29, 0.717) is 11.4 Å². The summed E-state index contributed by atoms with van der Waals surface area (Å²) >= 11 is 5.58. The van der Waals surface area contributed by atoms with Gasteiger partial charge in [0.2, 0.25) is 0 Å². The first kappa shape index (κ1) is 13.4. The van der Waals surface area contributed by atoms with Crippen molar-refractivity contribution in [2.45, 2.75) is 6.54 Å². The monoisotopic (exact) mass is 283 g/mol. The zero-order valence-corrected chi connectivity index (χ0v) is 10.8. The molecule has 19 heavy (non-hydrogen) atoms. The molecule has 0 unspecified atom stereocenters. The quantitative estimate of drug-likeness (QED) is 0.905. The summed E-state index contributed by atoms with van der Waals surface area (Å²) in [6.45, 7) is 0.221. The van der Waals surface area contributed by atoms with E-state index in [0.717, 1.165) is 0 Å². The van der Waals surface area contributed by atoms with Crippen LogP contribution in [0.25, 0.3) is 0 Å². The summed E-state index contributed by atoms with van der Waals surface area (Å²) in [7, 11) is 1.64. The molecule has 0 aliphatic heterocycles. The minimum Gasteiger partial charge on any atom is -0.478 e. The minimum atomic E-state index is -1.05. The van der Waals surface area contributed by atoms with Crippen molar-refractivity contribution in [3.63, 3.8) is 0 Å². The number of aromatic carboxylic acids is 1. The Morgan fingerprint density at radius 1 is 1.58 bits per heavy atom. The second-order valence-electron chi connectivity index (χ2n) is 3.92. The van der Waals surface area contributed by atoms with E-state index in [1.54, 1.807) is 13.1 Å². The second kappa shape index (κ2) is 5.27. The molecule has 0 saturated carbocycles. The van der Waals surface area contributed by atoms with Gasteiger partial charge in [-0.1, -0.05) is 11.6 Å². The summed E-state index contributed by atoms with van der Waals surface area (Å²) in [5.41, 5.74) is 1.13. The molecule has 1 aromatic heterocycles. The number of aryl methyl sites for hydroxylation is 1. The van der Waals surface area contributed by atoms with Gasteiger partial charge in [0, 0.05) is 12.7 Å². The van der Waals surface area contributed by atoms with E-state index in [1.807, 2.05) is 0 Å². The topological polar surface area (TPSA) is 67.2 Å². The van der Waals surface area contributed by atoms with Gasteiger partial charge in [-0.15, -0.1) is 0 Å². The summed E-state index contributed by atoms with van der Waals surface area (Å²) < 4.78 is 14.7. The molecule has 0 radical (unpaired) electrons. The molecule has 0 bridgehead atoms. The van der Waals surface area contributed by atoms with E-state index < -0.39 is 11.8 Å². The van der Waals surface area contributed by atoms with Gasteiger partial charge in [-0.3, -0.25) is 4.68 Å². The number of hydrogen-bond donors (Lipinski definition) is 2. The fourth-order valence-electron chi connectivity index (χ4n) is 1.64. The van der Waals surface area contributed by atoms with Crippen LogP contribution in [0.3, 0.4) is 0 Å². The van der Waals surface area contributed by atoms with Crippen molar-refractivity contribution < 1.29 is 14.3 Å². The first-order valence-electron chi connectivity index (χ1n) is 5.42. The lowest BCUT2D eigenvalue weighted by molar-refractivity contribution is 0.0695. The van der Waals surface area contributed by atoms with Crippen LogP contribution in [0.15, 0.2) is 24.4 Å². The third-order valence-electron chi connectivity index (χ3n) is 2.67. The van der Waals surface area contributed by atoms with Crippen LogP contribution in [-0.4, -0.2) is 20.9 Å². The van der Waals surface area contributed by atoms with Gasteiger partial charge in [0.1, 0.15) is 11.4 Å². The molecule has 2 rings (SSSR count). The molecule has 1 aromatic carbocycles. The molecule has 0 fully saturated rings. The molecule has 0 aliphatic rings. The third-order valence-corrected chi connectivity index (χ3v) is 2.98. The molecule has 0 amide bonds. The van der Waals surface area contributed by atoms with Gasteiger partial charge in [0.05, 0.1) is 23.5 Å². The van der Waals surface area contributed by atoms with Crippen LogP contribution >= 0.6 is 11.6 Å². The number of halogens is 2. The van der Waals surface area contributed by atoms with Crippen LogP contribution < -0.4 is 5.32 Å². The molecule has 2 aromatic rings. The van der Waals surface area contributed by atoms with Crippen LogP contribution in [0.4, 0.5) is 10.1 Å². The molecule has 100 valence electrons. The first-order valence-corrected chi connectivity index (χ1v) is 5.80. The van der Waals surface area contributed by atoms with Crippen molar-refractivity contribution in [1.82, 2.24) is 9.78 Å². The summed E-state index contributed by atoms with van der Waals surface area (Å²) in [5.74, 6) is -1.58. The zero-order valence-electron chi connectivity index (χ0n) is 10.0. The number of benzene rings is 1. The Balaban J connectivity index is 2.16. The molecule has 0 saturated heterocycles. The Labute approximate surface area is 113 Å². The number of nitrogens with zero attached hydrogens (tertiary/aromatic N) is 2. The Kier molecular flexibility index (Phi) is 3.71. The van der Waals surface area contributed by atoms with E-state index in [4.69, 9.17) is 16.7 Å². The predicted molar refractivity (Wildman–Crippen MR) is 68.9 cm³/mol. The molecule has 5 nitrogen and oxygen atoms in total. The van der Waals surface area contributed by atoms with Crippen molar-refractivity contribution in [2.24, 2.45) is 7.05 Å². The van der Waals surface area contributed by atoms with Crippen molar-refractivity contribution in [3.05, 3.63) is 46.5 Å². The highest BCUT2D eigenvalue weighted by Crippen LogP contribution is 2.19. The average molecular weight is 284 g/mol. The van der Waals surface area contributed by atoms with Crippen molar-refractivity contribution >= 4 is 23.3 Å². The number of hydrogen-bond acceptors (Lipinski definition) is 3. The highest BCUT2D eigenvalue weighted by Gasteiger charge is 2.14. The van der Waals surface area contributed by atoms with E-state index in [2.05, 4.69) is 10.4 Å². The fourth-order valence-corrected chi connectivity index (χ4v) is 1.76. The summed E-state index contributed by atoms with van der Waals surface area (Å²) in [4.78, 5) is 11.0. The maximum atomic E-state index is 13.2. The highest BCUT2D eigenvalue weighted by atomic mass is 35.5. The summed E-state index contributed by atoms with van der Waals surface area (Å²) in [5, 5.41) is 15.8. The van der Waals surface area contributed by atoms with E-state index >= 15 is 0 Å². The van der Waals surface area contributed by atoms with Crippen LogP contribution in [-0.2, 0) is 13.6 Å². The van der Waals surface area contributed by atoms with Gasteiger partial charge >= 0.3 is 5.97 Å². The Bertz CT molecular complexity index is 627. The van der Waals surface area contributed by atoms with Gasteiger partial charge in [0.25, 0.3) is 0 Å².